The minimum atomic E-state index is -4.65. The Morgan fingerprint density at radius 2 is 2.04 bits per heavy atom. The van der Waals surface area contributed by atoms with Crippen molar-refractivity contribution in [3.05, 3.63) is 52.9 Å². The van der Waals surface area contributed by atoms with Gasteiger partial charge in [-0.15, -0.1) is 0 Å². The van der Waals surface area contributed by atoms with Gasteiger partial charge in [-0.2, -0.15) is 13.2 Å². The van der Waals surface area contributed by atoms with Crippen LogP contribution in [0.5, 0.6) is 0 Å². The summed E-state index contributed by atoms with van der Waals surface area (Å²) in [6.45, 7) is 3.05. The molecule has 0 unspecified atom stereocenters. The van der Waals surface area contributed by atoms with Gasteiger partial charge < -0.3 is 15.1 Å². The molecule has 1 aromatic carbocycles. The predicted octanol–water partition coefficient (Wildman–Crippen LogP) is 4.64. The molecule has 5 nitrogen and oxygen atoms in total. The number of piperazine rings is 1. The van der Waals surface area contributed by atoms with Crippen molar-refractivity contribution in [1.82, 2.24) is 9.88 Å². The maximum Gasteiger partial charge on any atom is 0.416 e. The Morgan fingerprint density at radius 3 is 2.64 bits per heavy atom. The number of carbonyl (C=O) groups excluding carboxylic acids is 1. The van der Waals surface area contributed by atoms with E-state index in [0.29, 0.717) is 36.5 Å². The van der Waals surface area contributed by atoms with Gasteiger partial charge in [0.15, 0.2) is 0 Å². The molecular formula is C18H17ClF4N4O. The first-order valence-electron chi connectivity index (χ1n) is 8.46. The van der Waals surface area contributed by atoms with E-state index in [2.05, 4.69) is 10.3 Å². The Bertz CT molecular complexity index is 877. The van der Waals surface area contributed by atoms with Gasteiger partial charge in [0, 0.05) is 31.9 Å². The quantitative estimate of drug-likeness (QED) is 0.726. The third-order valence-electron chi connectivity index (χ3n) is 4.46. The highest BCUT2D eigenvalue weighted by atomic mass is 35.5. The molecule has 0 spiro atoms. The first kappa shape index (κ1) is 20.2. The number of anilines is 2. The van der Waals surface area contributed by atoms with E-state index in [4.69, 9.17) is 11.6 Å². The molecule has 150 valence electrons. The Balaban J connectivity index is 1.67. The molecule has 3 rings (SSSR count). The molecule has 0 saturated carbocycles. The molecule has 1 saturated heterocycles. The summed E-state index contributed by atoms with van der Waals surface area (Å²) in [5, 5.41) is 2.84. The van der Waals surface area contributed by atoms with Crippen molar-refractivity contribution in [2.75, 3.05) is 29.9 Å². The van der Waals surface area contributed by atoms with Crippen LogP contribution < -0.4 is 10.2 Å². The van der Waals surface area contributed by atoms with E-state index in [1.165, 1.54) is 4.90 Å². The summed E-state index contributed by atoms with van der Waals surface area (Å²) >= 11 is 6.15. The predicted molar refractivity (Wildman–Crippen MR) is 98.0 cm³/mol. The number of nitrogens with zero attached hydrogens (tertiary/aromatic N) is 3. The molecule has 1 aliphatic heterocycles. The molecule has 1 fully saturated rings. The van der Waals surface area contributed by atoms with Crippen LogP contribution in [0.2, 0.25) is 5.02 Å². The summed E-state index contributed by atoms with van der Waals surface area (Å²) in [6, 6.07) is 4.61. The summed E-state index contributed by atoms with van der Waals surface area (Å²) in [5.74, 6) is -0.528. The Hall–Kier alpha value is -2.55. The van der Waals surface area contributed by atoms with Crippen molar-refractivity contribution in [2.45, 2.75) is 19.1 Å². The van der Waals surface area contributed by atoms with E-state index in [-0.39, 0.29) is 11.7 Å². The van der Waals surface area contributed by atoms with Crippen LogP contribution in [0.25, 0.3) is 0 Å². The number of halogens is 5. The van der Waals surface area contributed by atoms with E-state index >= 15 is 0 Å². The van der Waals surface area contributed by atoms with Crippen molar-refractivity contribution < 1.29 is 22.4 Å². The fourth-order valence-electron chi connectivity index (χ4n) is 3.04. The van der Waals surface area contributed by atoms with Gasteiger partial charge in [-0.25, -0.2) is 14.2 Å². The average molecular weight is 417 g/mol. The minimum absolute atomic E-state index is 0.246. The zero-order valence-electron chi connectivity index (χ0n) is 14.8. The SMILES string of the molecule is C[C@@H]1CN(c2ncccc2Cl)CCN1C(=O)Nc1ccc(C(F)(F)F)cc1F. The Morgan fingerprint density at radius 1 is 1.29 bits per heavy atom. The number of pyridine rings is 1. The normalized spacial score (nSPS) is 17.6. The molecule has 1 N–H and O–H groups in total. The monoisotopic (exact) mass is 416 g/mol. The van der Waals surface area contributed by atoms with Crippen LogP contribution in [0.15, 0.2) is 36.5 Å². The summed E-state index contributed by atoms with van der Waals surface area (Å²) in [7, 11) is 0. The third-order valence-corrected chi connectivity index (χ3v) is 4.76. The topological polar surface area (TPSA) is 48.5 Å². The van der Waals surface area contributed by atoms with Crippen molar-refractivity contribution >= 4 is 29.1 Å². The second-order valence-corrected chi connectivity index (χ2v) is 6.83. The van der Waals surface area contributed by atoms with Gasteiger partial charge in [0.1, 0.15) is 11.6 Å². The van der Waals surface area contributed by atoms with Crippen molar-refractivity contribution in [3.8, 4) is 0 Å². The number of alkyl halides is 3. The molecule has 2 heterocycles. The zero-order chi connectivity index (χ0) is 20.5. The molecule has 10 heteroatoms. The van der Waals surface area contributed by atoms with E-state index in [1.807, 2.05) is 11.8 Å². The maximum atomic E-state index is 14.0. The van der Waals surface area contributed by atoms with Gasteiger partial charge >= 0.3 is 12.2 Å². The van der Waals surface area contributed by atoms with Gasteiger partial charge in [0.2, 0.25) is 0 Å². The lowest BCUT2D eigenvalue weighted by atomic mass is 10.2. The lowest BCUT2D eigenvalue weighted by Crippen LogP contribution is -2.55. The molecule has 0 aliphatic carbocycles. The molecule has 1 atom stereocenters. The van der Waals surface area contributed by atoms with Crippen LogP contribution in [0.3, 0.4) is 0 Å². The van der Waals surface area contributed by atoms with Crippen LogP contribution in [-0.2, 0) is 6.18 Å². The average Bonchev–Trinajstić information content (AvgIpc) is 2.62. The van der Waals surface area contributed by atoms with Crippen LogP contribution in [0, 0.1) is 5.82 Å². The van der Waals surface area contributed by atoms with Crippen LogP contribution in [0.1, 0.15) is 12.5 Å². The van der Waals surface area contributed by atoms with E-state index in [9.17, 15) is 22.4 Å². The fourth-order valence-corrected chi connectivity index (χ4v) is 3.28. The fraction of sp³-hybridized carbons (Fsp3) is 0.333. The number of aromatic nitrogens is 1. The second kappa shape index (κ2) is 7.83. The zero-order valence-corrected chi connectivity index (χ0v) is 15.6. The second-order valence-electron chi connectivity index (χ2n) is 6.42. The van der Waals surface area contributed by atoms with Crippen LogP contribution in [0.4, 0.5) is 33.9 Å². The largest absolute Gasteiger partial charge is 0.416 e. The summed E-state index contributed by atoms with van der Waals surface area (Å²) < 4.78 is 51.9. The highest BCUT2D eigenvalue weighted by Crippen LogP contribution is 2.31. The lowest BCUT2D eigenvalue weighted by Gasteiger charge is -2.40. The van der Waals surface area contributed by atoms with E-state index in [1.54, 1.807) is 18.3 Å². The third kappa shape index (κ3) is 4.30. The molecule has 0 radical (unpaired) electrons. The van der Waals surface area contributed by atoms with Gasteiger partial charge in [0.05, 0.1) is 16.3 Å². The number of amides is 2. The number of benzene rings is 1. The molecule has 28 heavy (non-hydrogen) atoms. The van der Waals surface area contributed by atoms with Gasteiger partial charge in [-0.05, 0) is 37.3 Å². The lowest BCUT2D eigenvalue weighted by molar-refractivity contribution is -0.137. The number of carbonyl (C=O) groups is 1. The summed E-state index contributed by atoms with van der Waals surface area (Å²) in [5.41, 5.74) is -1.42. The summed E-state index contributed by atoms with van der Waals surface area (Å²) in [4.78, 5) is 20.2. The first-order valence-corrected chi connectivity index (χ1v) is 8.84. The molecule has 1 aromatic heterocycles. The van der Waals surface area contributed by atoms with Crippen molar-refractivity contribution in [2.24, 2.45) is 0 Å². The number of rotatable bonds is 2. The molecule has 2 aromatic rings. The Kier molecular flexibility index (Phi) is 5.64. The number of hydrogen-bond donors (Lipinski definition) is 1. The molecule has 0 bridgehead atoms. The van der Waals surface area contributed by atoms with Crippen molar-refractivity contribution in [3.63, 3.8) is 0 Å². The summed E-state index contributed by atoms with van der Waals surface area (Å²) in [6.07, 6.45) is -3.03. The standard InChI is InChI=1S/C18H17ClF4N4O/c1-11-10-26(16-13(19)3-2-6-24-16)7-8-27(11)17(28)25-15-5-4-12(9-14(15)20)18(21,22)23/h2-6,9,11H,7-8,10H2,1H3,(H,25,28)/t11-/m1/s1. The highest BCUT2D eigenvalue weighted by Gasteiger charge is 2.32. The number of urea groups is 1. The first-order chi connectivity index (χ1) is 13.2. The highest BCUT2D eigenvalue weighted by molar-refractivity contribution is 6.32. The minimum Gasteiger partial charge on any atom is -0.352 e. The van der Waals surface area contributed by atoms with Gasteiger partial charge in [0.25, 0.3) is 0 Å². The Labute approximate surface area is 163 Å². The molecule has 1 aliphatic rings. The maximum absolute atomic E-state index is 14.0. The van der Waals surface area contributed by atoms with Gasteiger partial charge in [-0.3, -0.25) is 0 Å². The molecule has 2 amide bonds. The van der Waals surface area contributed by atoms with Crippen molar-refractivity contribution in [1.29, 1.82) is 0 Å². The van der Waals surface area contributed by atoms with E-state index < -0.39 is 23.6 Å². The van der Waals surface area contributed by atoms with Crippen LogP contribution in [-0.4, -0.2) is 41.6 Å². The number of nitrogens with one attached hydrogen (secondary N) is 1. The van der Waals surface area contributed by atoms with Crippen LogP contribution >= 0.6 is 11.6 Å². The smallest absolute Gasteiger partial charge is 0.352 e. The number of hydrogen-bond acceptors (Lipinski definition) is 3. The van der Waals surface area contributed by atoms with E-state index in [0.717, 1.165) is 12.1 Å². The molecular weight excluding hydrogens is 400 g/mol. The van der Waals surface area contributed by atoms with Gasteiger partial charge in [-0.1, -0.05) is 11.6 Å².